The van der Waals surface area contributed by atoms with Crippen LogP contribution in [-0.4, -0.2) is 41.7 Å². The van der Waals surface area contributed by atoms with Gasteiger partial charge in [0, 0.05) is 36.7 Å². The van der Waals surface area contributed by atoms with Crippen LogP contribution in [0.2, 0.25) is 5.02 Å². The van der Waals surface area contributed by atoms with Crippen LogP contribution >= 0.6 is 11.6 Å². The molecule has 1 aromatic carbocycles. The van der Waals surface area contributed by atoms with Crippen molar-refractivity contribution in [3.63, 3.8) is 0 Å². The summed E-state index contributed by atoms with van der Waals surface area (Å²) in [6.45, 7) is 1.73. The Kier molecular flexibility index (Phi) is 5.55. The molecule has 1 saturated carbocycles. The molecule has 2 heterocycles. The van der Waals surface area contributed by atoms with Gasteiger partial charge in [-0.2, -0.15) is 4.98 Å². The third-order valence-electron chi connectivity index (χ3n) is 5.86. The maximum absolute atomic E-state index is 12.6. The monoisotopic (exact) mass is 391 g/mol. The lowest BCUT2D eigenvalue weighted by Gasteiger charge is -2.33. The molecule has 1 aliphatic carbocycles. The van der Waals surface area contributed by atoms with Crippen LogP contribution in [0, 0.1) is 11.8 Å². The number of hydrogen-bond acceptors (Lipinski definition) is 5. The first-order valence-corrected chi connectivity index (χ1v) is 10.2. The molecule has 6 nitrogen and oxygen atoms in total. The Hall–Kier alpha value is -1.79. The number of nitrogens with one attached hydrogen (secondary N) is 1. The molecule has 1 saturated heterocycles. The molecule has 2 atom stereocenters. The Morgan fingerprint density at radius 1 is 1.30 bits per heavy atom. The van der Waals surface area contributed by atoms with Crippen molar-refractivity contribution < 1.29 is 14.3 Å². The van der Waals surface area contributed by atoms with Crippen LogP contribution in [0.5, 0.6) is 0 Å². The van der Waals surface area contributed by atoms with Crippen molar-refractivity contribution in [2.45, 2.75) is 44.6 Å². The summed E-state index contributed by atoms with van der Waals surface area (Å²) in [5, 5.41) is 13.2. The SMILES string of the molecule is O=C(N[C@@H]1CCC[C@@H](CO)C1)C1CCN(c2nc3cc(Cl)ccc3o2)CC1. The molecule has 4 rings (SSSR count). The fraction of sp³-hybridized carbons (Fsp3) is 0.600. The van der Waals surface area contributed by atoms with E-state index in [0.717, 1.165) is 62.7 Å². The number of rotatable bonds is 4. The van der Waals surface area contributed by atoms with Crippen LogP contribution in [0.4, 0.5) is 6.01 Å². The molecule has 146 valence electrons. The average molecular weight is 392 g/mol. The number of aliphatic hydroxyl groups excluding tert-OH is 1. The number of fused-ring (bicyclic) bond motifs is 1. The van der Waals surface area contributed by atoms with Gasteiger partial charge in [-0.3, -0.25) is 4.79 Å². The number of halogens is 1. The second-order valence-corrected chi connectivity index (χ2v) is 8.23. The van der Waals surface area contributed by atoms with E-state index < -0.39 is 0 Å². The van der Waals surface area contributed by atoms with Gasteiger partial charge in [-0.05, 0) is 56.2 Å². The van der Waals surface area contributed by atoms with Crippen molar-refractivity contribution in [3.8, 4) is 0 Å². The fourth-order valence-electron chi connectivity index (χ4n) is 4.26. The summed E-state index contributed by atoms with van der Waals surface area (Å²) in [6.07, 6.45) is 5.65. The predicted octanol–water partition coefficient (Wildman–Crippen LogP) is 3.36. The standard InChI is InChI=1S/C20H26ClN3O3/c21-15-4-5-18-17(11-15)23-20(27-18)24-8-6-14(7-9-24)19(26)22-16-3-1-2-13(10-16)12-25/h4-5,11,13-14,16,25H,1-3,6-10,12H2,(H,22,26)/t13-,16-/m1/s1. The van der Waals surface area contributed by atoms with Crippen LogP contribution in [0.25, 0.3) is 11.1 Å². The second kappa shape index (κ2) is 8.07. The van der Waals surface area contributed by atoms with Gasteiger partial charge in [0.25, 0.3) is 6.01 Å². The topological polar surface area (TPSA) is 78.6 Å². The molecule has 0 spiro atoms. The van der Waals surface area contributed by atoms with Gasteiger partial charge in [0.15, 0.2) is 5.58 Å². The fourth-order valence-corrected chi connectivity index (χ4v) is 4.43. The Morgan fingerprint density at radius 3 is 2.89 bits per heavy atom. The third-order valence-corrected chi connectivity index (χ3v) is 6.10. The molecule has 0 bridgehead atoms. The highest BCUT2D eigenvalue weighted by Crippen LogP contribution is 2.29. The normalized spacial score (nSPS) is 24.3. The highest BCUT2D eigenvalue weighted by Gasteiger charge is 2.30. The number of aliphatic hydroxyl groups is 1. The summed E-state index contributed by atoms with van der Waals surface area (Å²) in [5.41, 5.74) is 1.48. The Bertz CT molecular complexity index is 801. The van der Waals surface area contributed by atoms with Gasteiger partial charge in [-0.1, -0.05) is 18.0 Å². The van der Waals surface area contributed by atoms with Crippen LogP contribution < -0.4 is 10.2 Å². The van der Waals surface area contributed by atoms with Crippen molar-refractivity contribution in [1.82, 2.24) is 10.3 Å². The largest absolute Gasteiger partial charge is 0.423 e. The summed E-state index contributed by atoms with van der Waals surface area (Å²) in [6, 6.07) is 6.24. The zero-order valence-corrected chi connectivity index (χ0v) is 16.1. The van der Waals surface area contributed by atoms with Gasteiger partial charge in [0.05, 0.1) is 0 Å². The maximum Gasteiger partial charge on any atom is 0.298 e. The summed E-state index contributed by atoms with van der Waals surface area (Å²) in [7, 11) is 0. The molecular weight excluding hydrogens is 366 g/mol. The number of hydrogen-bond donors (Lipinski definition) is 2. The summed E-state index contributed by atoms with van der Waals surface area (Å²) >= 11 is 6.01. The maximum atomic E-state index is 12.6. The van der Waals surface area contributed by atoms with Crippen LogP contribution in [0.1, 0.15) is 38.5 Å². The van der Waals surface area contributed by atoms with Crippen molar-refractivity contribution in [3.05, 3.63) is 23.2 Å². The number of piperidine rings is 1. The quantitative estimate of drug-likeness (QED) is 0.835. The van der Waals surface area contributed by atoms with Gasteiger partial charge in [-0.15, -0.1) is 0 Å². The number of nitrogens with zero attached hydrogens (tertiary/aromatic N) is 2. The van der Waals surface area contributed by atoms with E-state index in [2.05, 4.69) is 15.2 Å². The smallest absolute Gasteiger partial charge is 0.298 e. The first kappa shape index (κ1) is 18.6. The van der Waals surface area contributed by atoms with E-state index in [1.54, 1.807) is 12.1 Å². The molecule has 7 heteroatoms. The highest BCUT2D eigenvalue weighted by atomic mass is 35.5. The predicted molar refractivity (Wildman–Crippen MR) is 105 cm³/mol. The zero-order valence-electron chi connectivity index (χ0n) is 15.4. The molecule has 0 unspecified atom stereocenters. The number of amides is 1. The number of oxazole rings is 1. The minimum Gasteiger partial charge on any atom is -0.423 e. The first-order chi connectivity index (χ1) is 13.1. The number of carbonyl (C=O) groups excluding carboxylic acids is 1. The first-order valence-electron chi connectivity index (χ1n) is 9.84. The van der Waals surface area contributed by atoms with Crippen molar-refractivity contribution in [2.24, 2.45) is 11.8 Å². The van der Waals surface area contributed by atoms with E-state index >= 15 is 0 Å². The molecule has 2 aliphatic rings. The number of anilines is 1. The van der Waals surface area contributed by atoms with Gasteiger partial charge in [0.1, 0.15) is 5.52 Å². The van der Waals surface area contributed by atoms with Crippen molar-refractivity contribution >= 4 is 34.6 Å². The molecule has 2 N–H and O–H groups in total. The molecule has 27 heavy (non-hydrogen) atoms. The molecule has 0 radical (unpaired) electrons. The zero-order chi connectivity index (χ0) is 18.8. The Balaban J connectivity index is 1.32. The number of benzene rings is 1. The second-order valence-electron chi connectivity index (χ2n) is 7.79. The van der Waals surface area contributed by atoms with E-state index in [0.29, 0.717) is 17.0 Å². The van der Waals surface area contributed by atoms with Gasteiger partial charge < -0.3 is 19.7 Å². The molecule has 1 aromatic heterocycles. The van der Waals surface area contributed by atoms with Gasteiger partial charge in [0.2, 0.25) is 5.91 Å². The number of carbonyl (C=O) groups is 1. The molecule has 2 aromatic rings. The summed E-state index contributed by atoms with van der Waals surface area (Å²) < 4.78 is 5.84. The summed E-state index contributed by atoms with van der Waals surface area (Å²) in [4.78, 5) is 19.3. The third kappa shape index (κ3) is 4.22. The Labute approximate surface area is 163 Å². The lowest BCUT2D eigenvalue weighted by Crippen LogP contribution is -2.45. The van der Waals surface area contributed by atoms with Crippen molar-refractivity contribution in [2.75, 3.05) is 24.6 Å². The average Bonchev–Trinajstić information content (AvgIpc) is 3.11. The summed E-state index contributed by atoms with van der Waals surface area (Å²) in [5.74, 6) is 0.524. The van der Waals surface area contributed by atoms with E-state index in [-0.39, 0.29) is 24.5 Å². The molecule has 2 fully saturated rings. The minimum atomic E-state index is 0.0366. The van der Waals surface area contributed by atoms with Gasteiger partial charge >= 0.3 is 0 Å². The lowest BCUT2D eigenvalue weighted by atomic mass is 9.85. The van der Waals surface area contributed by atoms with E-state index in [9.17, 15) is 9.90 Å². The van der Waals surface area contributed by atoms with Crippen LogP contribution in [0.15, 0.2) is 22.6 Å². The molecule has 1 amide bonds. The number of aromatic nitrogens is 1. The minimum absolute atomic E-state index is 0.0366. The Morgan fingerprint density at radius 2 is 2.11 bits per heavy atom. The molecule has 1 aliphatic heterocycles. The van der Waals surface area contributed by atoms with Gasteiger partial charge in [-0.25, -0.2) is 0 Å². The van der Waals surface area contributed by atoms with E-state index in [1.807, 2.05) is 6.07 Å². The van der Waals surface area contributed by atoms with E-state index in [1.165, 1.54) is 0 Å². The van der Waals surface area contributed by atoms with E-state index in [4.69, 9.17) is 16.0 Å². The molecular formula is C20H26ClN3O3. The van der Waals surface area contributed by atoms with Crippen molar-refractivity contribution in [1.29, 1.82) is 0 Å². The lowest BCUT2D eigenvalue weighted by molar-refractivity contribution is -0.126. The highest BCUT2D eigenvalue weighted by molar-refractivity contribution is 6.31. The van der Waals surface area contributed by atoms with Crippen LogP contribution in [-0.2, 0) is 4.79 Å². The van der Waals surface area contributed by atoms with Crippen LogP contribution in [0.3, 0.4) is 0 Å².